The molecule has 0 saturated heterocycles. The molecule has 110 valence electrons. The maximum atomic E-state index is 12.7. The first-order chi connectivity index (χ1) is 9.21. The Labute approximate surface area is 112 Å². The van der Waals surface area contributed by atoms with Gasteiger partial charge < -0.3 is 15.7 Å². The number of aliphatic carboxylic acids is 1. The van der Waals surface area contributed by atoms with E-state index in [4.69, 9.17) is 5.11 Å². The molecule has 1 aromatic rings. The number of rotatable bonds is 4. The second-order valence-corrected chi connectivity index (χ2v) is 4.12. The number of carboxylic acids is 1. The molecule has 8 heteroatoms. The lowest BCUT2D eigenvalue weighted by molar-refractivity contribution is -0.141. The van der Waals surface area contributed by atoms with Gasteiger partial charge in [-0.2, -0.15) is 13.2 Å². The number of amides is 2. The van der Waals surface area contributed by atoms with Gasteiger partial charge in [-0.05, 0) is 12.1 Å². The number of alkyl halides is 3. The molecule has 20 heavy (non-hydrogen) atoms. The van der Waals surface area contributed by atoms with E-state index in [0.717, 1.165) is 12.1 Å². The van der Waals surface area contributed by atoms with Crippen LogP contribution in [-0.4, -0.2) is 23.7 Å². The SMILES string of the molecule is CC(CNC(=O)Nc1ccccc1C(F)(F)F)C(=O)O. The maximum Gasteiger partial charge on any atom is 0.418 e. The Morgan fingerprint density at radius 3 is 2.45 bits per heavy atom. The Morgan fingerprint density at radius 2 is 1.90 bits per heavy atom. The van der Waals surface area contributed by atoms with E-state index in [1.165, 1.54) is 19.1 Å². The molecule has 0 aromatic heterocycles. The third kappa shape index (κ3) is 4.45. The van der Waals surface area contributed by atoms with Gasteiger partial charge in [-0.25, -0.2) is 4.79 Å². The lowest BCUT2D eigenvalue weighted by Crippen LogP contribution is -2.35. The molecule has 0 saturated carbocycles. The summed E-state index contributed by atoms with van der Waals surface area (Å²) in [5, 5.41) is 12.9. The number of hydrogen-bond donors (Lipinski definition) is 3. The molecule has 0 bridgehead atoms. The second-order valence-electron chi connectivity index (χ2n) is 4.12. The summed E-state index contributed by atoms with van der Waals surface area (Å²) < 4.78 is 38.0. The van der Waals surface area contributed by atoms with Crippen LogP contribution in [0.1, 0.15) is 12.5 Å². The monoisotopic (exact) mass is 290 g/mol. The van der Waals surface area contributed by atoms with Gasteiger partial charge in [-0.1, -0.05) is 19.1 Å². The third-order valence-electron chi connectivity index (χ3n) is 2.47. The number of carboxylic acid groups (broad SMARTS) is 1. The molecule has 3 N–H and O–H groups in total. The molecule has 0 aliphatic heterocycles. The fourth-order valence-electron chi connectivity index (χ4n) is 1.34. The van der Waals surface area contributed by atoms with Crippen LogP contribution >= 0.6 is 0 Å². The van der Waals surface area contributed by atoms with Gasteiger partial charge in [-0.15, -0.1) is 0 Å². The number of urea groups is 1. The summed E-state index contributed by atoms with van der Waals surface area (Å²) in [6, 6.07) is 3.62. The number of carbonyl (C=O) groups excluding carboxylic acids is 1. The van der Waals surface area contributed by atoms with Gasteiger partial charge in [-0.3, -0.25) is 4.79 Å². The van der Waals surface area contributed by atoms with Gasteiger partial charge in [0.05, 0.1) is 17.2 Å². The number of nitrogens with one attached hydrogen (secondary N) is 2. The summed E-state index contributed by atoms with van der Waals surface area (Å²) in [6.07, 6.45) is -4.59. The van der Waals surface area contributed by atoms with Crippen molar-refractivity contribution in [3.05, 3.63) is 29.8 Å². The lowest BCUT2D eigenvalue weighted by Gasteiger charge is -2.14. The lowest BCUT2D eigenvalue weighted by atomic mass is 10.1. The minimum Gasteiger partial charge on any atom is -0.481 e. The van der Waals surface area contributed by atoms with Crippen molar-refractivity contribution in [1.82, 2.24) is 5.32 Å². The van der Waals surface area contributed by atoms with E-state index >= 15 is 0 Å². The predicted molar refractivity (Wildman–Crippen MR) is 65.3 cm³/mol. The van der Waals surface area contributed by atoms with Gasteiger partial charge in [0.1, 0.15) is 0 Å². The number of carbonyl (C=O) groups is 2. The van der Waals surface area contributed by atoms with Crippen LogP contribution in [0.15, 0.2) is 24.3 Å². The minimum absolute atomic E-state index is 0.185. The highest BCUT2D eigenvalue weighted by Gasteiger charge is 2.33. The normalized spacial score (nSPS) is 12.6. The van der Waals surface area contributed by atoms with Crippen LogP contribution in [0.25, 0.3) is 0 Å². The fourth-order valence-corrected chi connectivity index (χ4v) is 1.34. The highest BCUT2D eigenvalue weighted by atomic mass is 19.4. The van der Waals surface area contributed by atoms with E-state index in [0.29, 0.717) is 0 Å². The van der Waals surface area contributed by atoms with Crippen LogP contribution in [-0.2, 0) is 11.0 Å². The van der Waals surface area contributed by atoms with Gasteiger partial charge >= 0.3 is 18.2 Å². The first-order valence-corrected chi connectivity index (χ1v) is 5.65. The van der Waals surface area contributed by atoms with Crippen molar-refractivity contribution in [2.75, 3.05) is 11.9 Å². The average Bonchev–Trinajstić information content (AvgIpc) is 2.35. The first kappa shape index (κ1) is 15.8. The van der Waals surface area contributed by atoms with Crippen LogP contribution in [0, 0.1) is 5.92 Å². The van der Waals surface area contributed by atoms with Crippen molar-refractivity contribution < 1.29 is 27.9 Å². The van der Waals surface area contributed by atoms with Crippen LogP contribution < -0.4 is 10.6 Å². The number of halogens is 3. The predicted octanol–water partition coefficient (Wildman–Crippen LogP) is 2.55. The zero-order valence-corrected chi connectivity index (χ0v) is 10.5. The molecule has 1 aromatic carbocycles. The molecular formula is C12H13F3N2O3. The Balaban J connectivity index is 2.70. The number of benzene rings is 1. The third-order valence-corrected chi connectivity index (χ3v) is 2.47. The molecular weight excluding hydrogens is 277 g/mol. The summed E-state index contributed by atoms with van der Waals surface area (Å²) in [7, 11) is 0. The smallest absolute Gasteiger partial charge is 0.418 e. The van der Waals surface area contributed by atoms with Gasteiger partial charge in [0, 0.05) is 6.54 Å². The summed E-state index contributed by atoms with van der Waals surface area (Å²) in [5.74, 6) is -1.94. The Morgan fingerprint density at radius 1 is 1.30 bits per heavy atom. The quantitative estimate of drug-likeness (QED) is 0.797. The molecule has 0 radical (unpaired) electrons. The molecule has 0 fully saturated rings. The maximum absolute atomic E-state index is 12.7. The van der Waals surface area contributed by atoms with E-state index in [9.17, 15) is 22.8 Å². The molecule has 0 spiro atoms. The van der Waals surface area contributed by atoms with Crippen LogP contribution in [0.2, 0.25) is 0 Å². The van der Waals surface area contributed by atoms with Crippen molar-refractivity contribution in [3.8, 4) is 0 Å². The standard InChI is InChI=1S/C12H13F3N2O3/c1-7(10(18)19)6-16-11(20)17-9-5-3-2-4-8(9)12(13,14)15/h2-5,7H,6H2,1H3,(H,18,19)(H2,16,17,20). The summed E-state index contributed by atoms with van der Waals surface area (Å²) in [4.78, 5) is 22.0. The van der Waals surface area contributed by atoms with E-state index in [2.05, 4.69) is 5.32 Å². The van der Waals surface area contributed by atoms with Gasteiger partial charge in [0.2, 0.25) is 0 Å². The molecule has 5 nitrogen and oxygen atoms in total. The fraction of sp³-hybridized carbons (Fsp3) is 0.333. The average molecular weight is 290 g/mol. The molecule has 2 amide bonds. The summed E-state index contributed by atoms with van der Waals surface area (Å²) in [5.41, 5.74) is -1.36. The Bertz CT molecular complexity index is 503. The molecule has 0 aliphatic rings. The molecule has 1 unspecified atom stereocenters. The largest absolute Gasteiger partial charge is 0.481 e. The summed E-state index contributed by atoms with van der Waals surface area (Å²) >= 11 is 0. The number of hydrogen-bond acceptors (Lipinski definition) is 2. The zero-order valence-electron chi connectivity index (χ0n) is 10.5. The van der Waals surface area contributed by atoms with E-state index in [1.54, 1.807) is 0 Å². The molecule has 0 aliphatic carbocycles. The van der Waals surface area contributed by atoms with Crippen LogP contribution in [0.4, 0.5) is 23.7 Å². The van der Waals surface area contributed by atoms with E-state index < -0.39 is 29.7 Å². The second kappa shape index (κ2) is 6.27. The zero-order chi connectivity index (χ0) is 15.3. The highest BCUT2D eigenvalue weighted by molar-refractivity contribution is 5.90. The highest BCUT2D eigenvalue weighted by Crippen LogP contribution is 2.34. The topological polar surface area (TPSA) is 78.4 Å². The van der Waals surface area contributed by atoms with Crippen molar-refractivity contribution in [3.63, 3.8) is 0 Å². The molecule has 1 atom stereocenters. The van der Waals surface area contributed by atoms with Crippen LogP contribution in [0.5, 0.6) is 0 Å². The van der Waals surface area contributed by atoms with Crippen molar-refractivity contribution >= 4 is 17.7 Å². The van der Waals surface area contributed by atoms with Crippen LogP contribution in [0.3, 0.4) is 0 Å². The van der Waals surface area contributed by atoms with Gasteiger partial charge in [0.15, 0.2) is 0 Å². The van der Waals surface area contributed by atoms with Crippen molar-refractivity contribution in [2.24, 2.45) is 5.92 Å². The van der Waals surface area contributed by atoms with E-state index in [1.807, 2.05) is 5.32 Å². The first-order valence-electron chi connectivity index (χ1n) is 5.65. The van der Waals surface area contributed by atoms with Gasteiger partial charge in [0.25, 0.3) is 0 Å². The Hall–Kier alpha value is -2.25. The Kier molecular flexibility index (Phi) is 4.95. The van der Waals surface area contributed by atoms with E-state index in [-0.39, 0.29) is 12.2 Å². The number of anilines is 1. The minimum atomic E-state index is -4.59. The van der Waals surface area contributed by atoms with Crippen molar-refractivity contribution in [2.45, 2.75) is 13.1 Å². The van der Waals surface area contributed by atoms with Crippen molar-refractivity contribution in [1.29, 1.82) is 0 Å². The molecule has 0 heterocycles. The molecule has 1 rings (SSSR count). The summed E-state index contributed by atoms with van der Waals surface area (Å²) in [6.45, 7) is 1.18. The number of para-hydroxylation sites is 1.